The molecule has 1 aliphatic rings. The molecule has 1 aliphatic heterocycles. The summed E-state index contributed by atoms with van der Waals surface area (Å²) in [6, 6.07) is 23.9. The van der Waals surface area contributed by atoms with Crippen LogP contribution in [-0.2, 0) is 4.79 Å². The zero-order valence-electron chi connectivity index (χ0n) is 18.2. The molecule has 1 atom stereocenters. The maximum Gasteiger partial charge on any atom is 0.271 e. The van der Waals surface area contributed by atoms with Gasteiger partial charge in [-0.25, -0.2) is 9.38 Å². The third-order valence-corrected chi connectivity index (χ3v) is 6.56. The van der Waals surface area contributed by atoms with E-state index in [0.717, 1.165) is 5.56 Å². The zero-order valence-corrected chi connectivity index (χ0v) is 19.1. The van der Waals surface area contributed by atoms with E-state index in [1.54, 1.807) is 29.7 Å². The second-order valence-electron chi connectivity index (χ2n) is 7.86. The monoisotopic (exact) mass is 469 g/mol. The zero-order chi connectivity index (χ0) is 23.7. The van der Waals surface area contributed by atoms with Gasteiger partial charge in [0, 0.05) is 5.69 Å². The highest BCUT2D eigenvalue weighted by molar-refractivity contribution is 7.07. The number of anilines is 1. The van der Waals surface area contributed by atoms with Crippen molar-refractivity contribution in [3.63, 3.8) is 0 Å². The van der Waals surface area contributed by atoms with Crippen molar-refractivity contribution in [2.75, 3.05) is 5.32 Å². The Morgan fingerprint density at radius 3 is 2.32 bits per heavy atom. The molecular formula is C27H20FN3O2S. The summed E-state index contributed by atoms with van der Waals surface area (Å²) in [5.41, 5.74) is 2.89. The highest BCUT2D eigenvalue weighted by Crippen LogP contribution is 2.30. The van der Waals surface area contributed by atoms with Gasteiger partial charge in [0.1, 0.15) is 5.82 Å². The van der Waals surface area contributed by atoms with Gasteiger partial charge in [-0.15, -0.1) is 0 Å². The number of hydrogen-bond donors (Lipinski definition) is 1. The summed E-state index contributed by atoms with van der Waals surface area (Å²) in [7, 11) is 0. The van der Waals surface area contributed by atoms with E-state index < -0.39 is 6.04 Å². The number of thiazole rings is 1. The van der Waals surface area contributed by atoms with Crippen molar-refractivity contribution in [3.8, 4) is 0 Å². The summed E-state index contributed by atoms with van der Waals surface area (Å²) in [6.07, 6.45) is 1.72. The molecule has 5 rings (SSSR count). The number of carbonyl (C=O) groups excluding carboxylic acids is 1. The Hall–Kier alpha value is -4.10. The van der Waals surface area contributed by atoms with Gasteiger partial charge in [0.15, 0.2) is 4.80 Å². The maximum absolute atomic E-state index is 13.6. The first-order valence-electron chi connectivity index (χ1n) is 10.7. The minimum atomic E-state index is -0.628. The van der Waals surface area contributed by atoms with Crippen LogP contribution in [0.5, 0.6) is 0 Å². The van der Waals surface area contributed by atoms with Gasteiger partial charge in [0.25, 0.3) is 11.5 Å². The number of allylic oxidation sites excluding steroid dienone is 1. The van der Waals surface area contributed by atoms with Crippen LogP contribution in [0.4, 0.5) is 10.1 Å². The highest BCUT2D eigenvalue weighted by atomic mass is 32.1. The Bertz CT molecular complexity index is 1570. The predicted octanol–water partition coefficient (Wildman–Crippen LogP) is 4.01. The molecule has 2 heterocycles. The Kier molecular flexibility index (Phi) is 5.77. The maximum atomic E-state index is 13.6. The summed E-state index contributed by atoms with van der Waals surface area (Å²) in [6.45, 7) is 1.78. The van der Waals surface area contributed by atoms with Crippen LogP contribution >= 0.6 is 11.3 Å². The highest BCUT2D eigenvalue weighted by Gasteiger charge is 2.32. The van der Waals surface area contributed by atoms with Crippen molar-refractivity contribution in [2.24, 2.45) is 4.99 Å². The molecule has 0 saturated heterocycles. The molecule has 0 radical (unpaired) electrons. The Morgan fingerprint density at radius 2 is 1.65 bits per heavy atom. The third-order valence-electron chi connectivity index (χ3n) is 5.58. The lowest BCUT2D eigenvalue weighted by atomic mass is 9.95. The fourth-order valence-electron chi connectivity index (χ4n) is 3.99. The van der Waals surface area contributed by atoms with E-state index in [1.807, 2.05) is 60.7 Å². The number of nitrogens with one attached hydrogen (secondary N) is 1. The van der Waals surface area contributed by atoms with Crippen LogP contribution in [0.2, 0.25) is 0 Å². The van der Waals surface area contributed by atoms with E-state index >= 15 is 0 Å². The number of fused-ring (bicyclic) bond motifs is 1. The van der Waals surface area contributed by atoms with Crippen LogP contribution in [0.1, 0.15) is 24.1 Å². The molecule has 1 N–H and O–H groups in total. The van der Waals surface area contributed by atoms with Gasteiger partial charge in [-0.1, -0.05) is 72.0 Å². The minimum Gasteiger partial charge on any atom is -0.322 e. The number of hydrogen-bond acceptors (Lipinski definition) is 4. The topological polar surface area (TPSA) is 63.5 Å². The van der Waals surface area contributed by atoms with E-state index in [0.29, 0.717) is 31.9 Å². The standard InChI is InChI=1S/C27H20FN3O2S/c1-17-23(25(32)30-21-10-6-3-7-11-21)24(19-8-4-2-5-9-19)31-26(33)22(34-27(31)29-17)16-18-12-14-20(28)15-13-18/h2-16,24H,1H3,(H,30,32). The van der Waals surface area contributed by atoms with Crippen molar-refractivity contribution < 1.29 is 9.18 Å². The van der Waals surface area contributed by atoms with Crippen LogP contribution < -0.4 is 20.2 Å². The van der Waals surface area contributed by atoms with Gasteiger partial charge >= 0.3 is 0 Å². The van der Waals surface area contributed by atoms with Gasteiger partial charge < -0.3 is 5.32 Å². The van der Waals surface area contributed by atoms with Gasteiger partial charge in [-0.3, -0.25) is 14.2 Å². The average Bonchev–Trinajstić information content (AvgIpc) is 3.15. The molecule has 4 aromatic rings. The second kappa shape index (κ2) is 9.03. The Morgan fingerprint density at radius 1 is 1.00 bits per heavy atom. The molecule has 7 heteroatoms. The molecule has 0 fully saturated rings. The molecule has 0 spiro atoms. The number of para-hydroxylation sites is 1. The fraction of sp³-hybridized carbons (Fsp3) is 0.0741. The molecule has 1 unspecified atom stereocenters. The number of aromatic nitrogens is 1. The van der Waals surface area contributed by atoms with Crippen LogP contribution in [0, 0.1) is 5.82 Å². The summed E-state index contributed by atoms with van der Waals surface area (Å²) < 4.78 is 15.3. The predicted molar refractivity (Wildman–Crippen MR) is 132 cm³/mol. The number of rotatable bonds is 4. The smallest absolute Gasteiger partial charge is 0.271 e. The van der Waals surface area contributed by atoms with Gasteiger partial charge in [-0.2, -0.15) is 0 Å². The van der Waals surface area contributed by atoms with Crippen molar-refractivity contribution in [1.82, 2.24) is 4.57 Å². The molecule has 0 saturated carbocycles. The van der Waals surface area contributed by atoms with Crippen molar-refractivity contribution >= 4 is 29.0 Å². The molecule has 0 bridgehead atoms. The number of nitrogens with zero attached hydrogens (tertiary/aromatic N) is 2. The number of halogens is 1. The van der Waals surface area contributed by atoms with E-state index in [2.05, 4.69) is 10.3 Å². The molecule has 3 aromatic carbocycles. The molecule has 1 aromatic heterocycles. The van der Waals surface area contributed by atoms with E-state index in [1.165, 1.54) is 23.5 Å². The van der Waals surface area contributed by atoms with Gasteiger partial charge in [-0.05, 0) is 48.4 Å². The van der Waals surface area contributed by atoms with Crippen molar-refractivity contribution in [2.45, 2.75) is 13.0 Å². The first-order valence-corrected chi connectivity index (χ1v) is 11.5. The molecule has 34 heavy (non-hydrogen) atoms. The largest absolute Gasteiger partial charge is 0.322 e. The minimum absolute atomic E-state index is 0.251. The first-order chi connectivity index (χ1) is 16.5. The van der Waals surface area contributed by atoms with Crippen LogP contribution in [-0.4, -0.2) is 10.5 Å². The quantitative estimate of drug-likeness (QED) is 0.491. The molecule has 168 valence electrons. The summed E-state index contributed by atoms with van der Waals surface area (Å²) in [4.78, 5) is 32.1. The van der Waals surface area contributed by atoms with Crippen LogP contribution in [0.25, 0.3) is 6.08 Å². The SMILES string of the molecule is CC1=C(C(=O)Nc2ccccc2)C(c2ccccc2)n2c(sc(=Cc3ccc(F)cc3)c2=O)=N1. The lowest BCUT2D eigenvalue weighted by molar-refractivity contribution is -0.113. The number of benzene rings is 3. The van der Waals surface area contributed by atoms with E-state index in [-0.39, 0.29) is 17.3 Å². The van der Waals surface area contributed by atoms with Crippen LogP contribution in [0.3, 0.4) is 0 Å². The van der Waals surface area contributed by atoms with E-state index in [9.17, 15) is 14.0 Å². The molecule has 1 amide bonds. The first kappa shape index (κ1) is 21.7. The normalized spacial score (nSPS) is 15.6. The Labute approximate surface area is 198 Å². The lowest BCUT2D eigenvalue weighted by Crippen LogP contribution is -2.40. The second-order valence-corrected chi connectivity index (χ2v) is 8.87. The number of carbonyl (C=O) groups is 1. The van der Waals surface area contributed by atoms with Crippen molar-refractivity contribution in [1.29, 1.82) is 0 Å². The molecule has 0 aliphatic carbocycles. The van der Waals surface area contributed by atoms with E-state index in [4.69, 9.17) is 0 Å². The Balaban J connectivity index is 1.66. The average molecular weight is 470 g/mol. The van der Waals surface area contributed by atoms with Gasteiger partial charge in [0.2, 0.25) is 0 Å². The third kappa shape index (κ3) is 4.13. The van der Waals surface area contributed by atoms with Crippen LogP contribution in [0.15, 0.2) is 106 Å². The fourth-order valence-corrected chi connectivity index (χ4v) is 5.04. The molecule has 5 nitrogen and oxygen atoms in total. The van der Waals surface area contributed by atoms with Gasteiger partial charge in [0.05, 0.1) is 21.8 Å². The van der Waals surface area contributed by atoms with Crippen molar-refractivity contribution in [3.05, 3.63) is 133 Å². The summed E-state index contributed by atoms with van der Waals surface area (Å²) in [5.74, 6) is -0.651. The summed E-state index contributed by atoms with van der Waals surface area (Å²) in [5, 5.41) is 2.93. The number of amides is 1. The summed E-state index contributed by atoms with van der Waals surface area (Å²) >= 11 is 1.25. The lowest BCUT2D eigenvalue weighted by Gasteiger charge is -2.25. The molecular weight excluding hydrogens is 449 g/mol.